The molecule has 1 aromatic rings. The SMILES string of the molecule is N=C(N)C1CCCC1NS(=O)(=O)c1ccc(F)cc1. The van der Waals surface area contributed by atoms with Crippen LogP contribution in [0.15, 0.2) is 29.2 Å². The highest BCUT2D eigenvalue weighted by molar-refractivity contribution is 7.89. The molecular formula is C12H16FN3O2S. The van der Waals surface area contributed by atoms with E-state index >= 15 is 0 Å². The van der Waals surface area contributed by atoms with Crippen LogP contribution in [0.1, 0.15) is 19.3 Å². The Morgan fingerprint density at radius 1 is 1.32 bits per heavy atom. The summed E-state index contributed by atoms with van der Waals surface area (Å²) in [5, 5.41) is 7.46. The van der Waals surface area contributed by atoms with Gasteiger partial charge in [-0.25, -0.2) is 17.5 Å². The molecule has 19 heavy (non-hydrogen) atoms. The number of amidine groups is 1. The molecule has 1 aliphatic carbocycles. The number of hydrogen-bond donors (Lipinski definition) is 3. The van der Waals surface area contributed by atoms with E-state index in [0.717, 1.165) is 18.6 Å². The minimum Gasteiger partial charge on any atom is -0.387 e. The molecule has 0 saturated heterocycles. The van der Waals surface area contributed by atoms with Gasteiger partial charge in [0.15, 0.2) is 0 Å². The zero-order valence-electron chi connectivity index (χ0n) is 10.3. The molecule has 0 heterocycles. The minimum atomic E-state index is -3.70. The first kappa shape index (κ1) is 14.0. The molecule has 1 aliphatic rings. The molecule has 0 aliphatic heterocycles. The van der Waals surface area contributed by atoms with Crippen LogP contribution in [0.2, 0.25) is 0 Å². The van der Waals surface area contributed by atoms with Gasteiger partial charge in [-0.2, -0.15) is 0 Å². The smallest absolute Gasteiger partial charge is 0.240 e. The second kappa shape index (κ2) is 5.26. The van der Waals surface area contributed by atoms with Gasteiger partial charge < -0.3 is 5.73 Å². The Balaban J connectivity index is 2.17. The molecule has 1 saturated carbocycles. The number of sulfonamides is 1. The average molecular weight is 285 g/mol. The number of nitrogens with two attached hydrogens (primary N) is 1. The third kappa shape index (κ3) is 3.10. The third-order valence-electron chi connectivity index (χ3n) is 3.35. The second-order valence-electron chi connectivity index (χ2n) is 4.67. The first-order valence-electron chi connectivity index (χ1n) is 6.02. The van der Waals surface area contributed by atoms with Crippen molar-refractivity contribution in [3.63, 3.8) is 0 Å². The lowest BCUT2D eigenvalue weighted by molar-refractivity contribution is 0.521. The van der Waals surface area contributed by atoms with E-state index in [9.17, 15) is 12.8 Å². The zero-order valence-corrected chi connectivity index (χ0v) is 11.1. The van der Waals surface area contributed by atoms with Crippen LogP contribution in [-0.4, -0.2) is 20.3 Å². The fourth-order valence-corrected chi connectivity index (χ4v) is 3.67. The number of rotatable bonds is 4. The Labute approximate surface area is 111 Å². The molecule has 5 nitrogen and oxygen atoms in total. The Morgan fingerprint density at radius 3 is 2.53 bits per heavy atom. The number of hydrogen-bond acceptors (Lipinski definition) is 3. The van der Waals surface area contributed by atoms with Crippen LogP contribution < -0.4 is 10.5 Å². The van der Waals surface area contributed by atoms with Crippen LogP contribution in [0.25, 0.3) is 0 Å². The summed E-state index contributed by atoms with van der Waals surface area (Å²) in [6, 6.07) is 4.29. The number of benzene rings is 1. The maximum atomic E-state index is 12.8. The van der Waals surface area contributed by atoms with E-state index in [1.54, 1.807) is 0 Å². The van der Waals surface area contributed by atoms with E-state index in [2.05, 4.69) is 4.72 Å². The molecule has 2 unspecified atom stereocenters. The minimum absolute atomic E-state index is 0.00399. The van der Waals surface area contributed by atoms with E-state index in [1.807, 2.05) is 0 Å². The summed E-state index contributed by atoms with van der Waals surface area (Å²) in [6.45, 7) is 0. The first-order valence-corrected chi connectivity index (χ1v) is 7.50. The van der Waals surface area contributed by atoms with Crippen molar-refractivity contribution in [3.05, 3.63) is 30.1 Å². The van der Waals surface area contributed by atoms with Crippen LogP contribution >= 0.6 is 0 Å². The standard InChI is InChI=1S/C12H16FN3O2S/c13-8-4-6-9(7-5-8)19(17,18)16-11-3-1-2-10(11)12(14)15/h4-7,10-11,16H,1-3H2,(H3,14,15). The topological polar surface area (TPSA) is 96.0 Å². The van der Waals surface area contributed by atoms with Crippen molar-refractivity contribution >= 4 is 15.9 Å². The van der Waals surface area contributed by atoms with Crippen molar-refractivity contribution in [2.45, 2.75) is 30.2 Å². The molecule has 0 amide bonds. The van der Waals surface area contributed by atoms with Crippen LogP contribution in [0, 0.1) is 17.1 Å². The molecule has 1 fully saturated rings. The van der Waals surface area contributed by atoms with Crippen LogP contribution in [0.4, 0.5) is 4.39 Å². The number of halogens is 1. The molecule has 0 spiro atoms. The predicted molar refractivity (Wildman–Crippen MR) is 69.8 cm³/mol. The van der Waals surface area contributed by atoms with Gasteiger partial charge in [0, 0.05) is 12.0 Å². The summed E-state index contributed by atoms with van der Waals surface area (Å²) in [4.78, 5) is 0.0168. The second-order valence-corrected chi connectivity index (χ2v) is 6.39. The lowest BCUT2D eigenvalue weighted by atomic mass is 10.0. The fourth-order valence-electron chi connectivity index (χ4n) is 2.35. The van der Waals surface area contributed by atoms with E-state index in [-0.39, 0.29) is 22.7 Å². The number of nitrogens with one attached hydrogen (secondary N) is 2. The Hall–Kier alpha value is -1.47. The maximum absolute atomic E-state index is 12.8. The molecule has 104 valence electrons. The van der Waals surface area contributed by atoms with Crippen molar-refractivity contribution in [2.75, 3.05) is 0 Å². The molecule has 0 radical (unpaired) electrons. The van der Waals surface area contributed by atoms with Crippen LogP contribution in [-0.2, 0) is 10.0 Å². The van der Waals surface area contributed by atoms with Crippen molar-refractivity contribution in [1.29, 1.82) is 5.41 Å². The van der Waals surface area contributed by atoms with Crippen molar-refractivity contribution < 1.29 is 12.8 Å². The summed E-state index contributed by atoms with van der Waals surface area (Å²) in [5.74, 6) is -0.735. The van der Waals surface area contributed by atoms with Gasteiger partial charge in [0.25, 0.3) is 0 Å². The normalized spacial score (nSPS) is 23.4. The van der Waals surface area contributed by atoms with E-state index in [1.165, 1.54) is 12.1 Å². The average Bonchev–Trinajstić information content (AvgIpc) is 2.77. The fraction of sp³-hybridized carbons (Fsp3) is 0.417. The summed E-state index contributed by atoms with van der Waals surface area (Å²) in [7, 11) is -3.70. The van der Waals surface area contributed by atoms with Crippen molar-refractivity contribution in [1.82, 2.24) is 4.72 Å². The molecular weight excluding hydrogens is 269 g/mol. The van der Waals surface area contributed by atoms with Gasteiger partial charge in [-0.15, -0.1) is 0 Å². The largest absolute Gasteiger partial charge is 0.387 e. The van der Waals surface area contributed by atoms with Gasteiger partial charge in [-0.05, 0) is 37.1 Å². The molecule has 4 N–H and O–H groups in total. The van der Waals surface area contributed by atoms with Crippen LogP contribution in [0.3, 0.4) is 0 Å². The maximum Gasteiger partial charge on any atom is 0.240 e. The van der Waals surface area contributed by atoms with Gasteiger partial charge in [0.05, 0.1) is 10.7 Å². The molecule has 2 rings (SSSR count). The van der Waals surface area contributed by atoms with Crippen molar-refractivity contribution in [3.8, 4) is 0 Å². The van der Waals surface area contributed by atoms with Gasteiger partial charge in [0.2, 0.25) is 10.0 Å². The van der Waals surface area contributed by atoms with Gasteiger partial charge >= 0.3 is 0 Å². The highest BCUT2D eigenvalue weighted by Gasteiger charge is 2.33. The monoisotopic (exact) mass is 285 g/mol. The Bertz CT molecular complexity index is 571. The summed E-state index contributed by atoms with van der Waals surface area (Å²) in [6.07, 6.45) is 2.21. The Morgan fingerprint density at radius 2 is 1.95 bits per heavy atom. The van der Waals surface area contributed by atoms with Gasteiger partial charge in [-0.1, -0.05) is 6.42 Å². The van der Waals surface area contributed by atoms with E-state index < -0.39 is 15.8 Å². The first-order chi connectivity index (χ1) is 8.90. The predicted octanol–water partition coefficient (Wildman–Crippen LogP) is 1.21. The molecule has 7 heteroatoms. The summed E-state index contributed by atoms with van der Waals surface area (Å²) < 4.78 is 39.6. The molecule has 0 aromatic heterocycles. The van der Waals surface area contributed by atoms with E-state index in [0.29, 0.717) is 12.8 Å². The van der Waals surface area contributed by atoms with E-state index in [4.69, 9.17) is 11.1 Å². The summed E-state index contributed by atoms with van der Waals surface area (Å²) >= 11 is 0. The van der Waals surface area contributed by atoms with Gasteiger partial charge in [-0.3, -0.25) is 5.41 Å². The summed E-state index contributed by atoms with van der Waals surface area (Å²) in [5.41, 5.74) is 5.46. The lowest BCUT2D eigenvalue weighted by Crippen LogP contribution is -2.41. The van der Waals surface area contributed by atoms with Crippen LogP contribution in [0.5, 0.6) is 0 Å². The van der Waals surface area contributed by atoms with Gasteiger partial charge in [0.1, 0.15) is 5.82 Å². The molecule has 0 bridgehead atoms. The zero-order chi connectivity index (χ0) is 14.0. The highest BCUT2D eigenvalue weighted by Crippen LogP contribution is 2.27. The van der Waals surface area contributed by atoms with Crippen molar-refractivity contribution in [2.24, 2.45) is 11.7 Å². The highest BCUT2D eigenvalue weighted by atomic mass is 32.2. The molecule has 2 atom stereocenters. The quantitative estimate of drug-likeness (QED) is 0.573. The molecule has 1 aromatic carbocycles. The Kier molecular flexibility index (Phi) is 3.86. The lowest BCUT2D eigenvalue weighted by Gasteiger charge is -2.19. The third-order valence-corrected chi connectivity index (χ3v) is 4.85.